The Morgan fingerprint density at radius 1 is 1.53 bits per heavy atom. The number of hydrogen-bond donors (Lipinski definition) is 1. The fourth-order valence-corrected chi connectivity index (χ4v) is 1.17. The minimum Gasteiger partial charge on any atom is -0.481 e. The van der Waals surface area contributed by atoms with E-state index < -0.39 is 10.9 Å². The lowest BCUT2D eigenvalue weighted by molar-refractivity contribution is -0.385. The molecule has 0 atom stereocenters. The van der Waals surface area contributed by atoms with Crippen LogP contribution in [0.3, 0.4) is 0 Å². The molecule has 0 aromatic carbocycles. The molecule has 0 amide bonds. The van der Waals surface area contributed by atoms with Crippen LogP contribution < -0.4 is 4.90 Å². The fourth-order valence-electron chi connectivity index (χ4n) is 1.17. The smallest absolute Gasteiger partial charge is 0.305 e. The van der Waals surface area contributed by atoms with Crippen LogP contribution in [0.2, 0.25) is 0 Å². The minimum absolute atomic E-state index is 0.0668. The summed E-state index contributed by atoms with van der Waals surface area (Å²) in [6, 6.07) is 0. The largest absolute Gasteiger partial charge is 0.481 e. The van der Waals surface area contributed by atoms with Crippen molar-refractivity contribution in [1.82, 2.24) is 9.97 Å². The molecule has 1 N–H and O–H groups in total. The van der Waals surface area contributed by atoms with Crippen LogP contribution in [0.1, 0.15) is 12.8 Å². The number of rotatable bonds is 6. The van der Waals surface area contributed by atoms with Gasteiger partial charge in [-0.2, -0.15) is 0 Å². The SMILES string of the molecule is CN(CCCC(=O)O)c1ncc([N+](=O)[O-])cn1. The minimum atomic E-state index is -0.858. The van der Waals surface area contributed by atoms with Crippen LogP contribution in [0.25, 0.3) is 0 Å². The lowest BCUT2D eigenvalue weighted by Crippen LogP contribution is -2.21. The van der Waals surface area contributed by atoms with Crippen LogP contribution in [0.15, 0.2) is 12.4 Å². The number of aliphatic carboxylic acids is 1. The van der Waals surface area contributed by atoms with Gasteiger partial charge in [-0.1, -0.05) is 0 Å². The first-order chi connectivity index (χ1) is 8.00. The summed E-state index contributed by atoms with van der Waals surface area (Å²) in [4.78, 5) is 29.4. The molecular weight excluding hydrogens is 228 g/mol. The molecule has 0 radical (unpaired) electrons. The second-order valence-electron chi connectivity index (χ2n) is 3.42. The van der Waals surface area contributed by atoms with Crippen molar-refractivity contribution >= 4 is 17.6 Å². The molecule has 0 fully saturated rings. The van der Waals surface area contributed by atoms with Crippen LogP contribution in [-0.2, 0) is 4.79 Å². The van der Waals surface area contributed by atoms with Gasteiger partial charge in [0.2, 0.25) is 5.95 Å². The Morgan fingerprint density at radius 2 is 2.12 bits per heavy atom. The van der Waals surface area contributed by atoms with E-state index in [1.54, 1.807) is 11.9 Å². The van der Waals surface area contributed by atoms with Gasteiger partial charge < -0.3 is 10.0 Å². The molecule has 8 heteroatoms. The number of carboxylic acids is 1. The topological polar surface area (TPSA) is 109 Å². The Balaban J connectivity index is 2.54. The summed E-state index contributed by atoms with van der Waals surface area (Å²) in [6.07, 6.45) is 2.77. The third-order valence-corrected chi connectivity index (χ3v) is 2.06. The third-order valence-electron chi connectivity index (χ3n) is 2.06. The summed E-state index contributed by atoms with van der Waals surface area (Å²) in [6.45, 7) is 0.476. The van der Waals surface area contributed by atoms with Crippen LogP contribution in [0, 0.1) is 10.1 Å². The molecule has 1 aromatic rings. The highest BCUT2D eigenvalue weighted by atomic mass is 16.6. The average molecular weight is 240 g/mol. The molecular formula is C9H12N4O4. The third kappa shape index (κ3) is 4.01. The first kappa shape index (κ1) is 12.8. The molecule has 0 unspecified atom stereocenters. The molecule has 0 saturated carbocycles. The van der Waals surface area contributed by atoms with Gasteiger partial charge in [0, 0.05) is 20.0 Å². The first-order valence-electron chi connectivity index (χ1n) is 4.90. The highest BCUT2D eigenvalue weighted by Gasteiger charge is 2.09. The maximum atomic E-state index is 10.4. The van der Waals surface area contributed by atoms with Crippen LogP contribution in [-0.4, -0.2) is 39.6 Å². The van der Waals surface area contributed by atoms with E-state index in [9.17, 15) is 14.9 Å². The molecule has 0 aliphatic heterocycles. The van der Waals surface area contributed by atoms with Gasteiger partial charge in [-0.05, 0) is 6.42 Å². The summed E-state index contributed by atoms with van der Waals surface area (Å²) in [7, 11) is 1.70. The van der Waals surface area contributed by atoms with Gasteiger partial charge in [0.15, 0.2) is 0 Å². The van der Waals surface area contributed by atoms with Crippen molar-refractivity contribution in [1.29, 1.82) is 0 Å². The summed E-state index contributed by atoms with van der Waals surface area (Å²) in [5.74, 6) is -0.524. The molecule has 0 saturated heterocycles. The molecule has 1 aromatic heterocycles. The number of nitro groups is 1. The highest BCUT2D eigenvalue weighted by molar-refractivity contribution is 5.66. The monoisotopic (exact) mass is 240 g/mol. The molecule has 17 heavy (non-hydrogen) atoms. The van der Waals surface area contributed by atoms with Gasteiger partial charge >= 0.3 is 11.7 Å². The Kier molecular flexibility index (Phi) is 4.32. The van der Waals surface area contributed by atoms with Crippen molar-refractivity contribution in [3.05, 3.63) is 22.5 Å². The average Bonchev–Trinajstić information content (AvgIpc) is 2.28. The number of carbonyl (C=O) groups is 1. The predicted molar refractivity (Wildman–Crippen MR) is 58.8 cm³/mol. The highest BCUT2D eigenvalue weighted by Crippen LogP contribution is 2.11. The van der Waals surface area contributed by atoms with E-state index in [4.69, 9.17) is 5.11 Å². The lowest BCUT2D eigenvalue weighted by Gasteiger charge is -2.15. The van der Waals surface area contributed by atoms with Crippen molar-refractivity contribution in [3.8, 4) is 0 Å². The summed E-state index contributed by atoms with van der Waals surface area (Å²) in [5, 5.41) is 18.8. The summed E-state index contributed by atoms with van der Waals surface area (Å²) >= 11 is 0. The second-order valence-corrected chi connectivity index (χ2v) is 3.42. The van der Waals surface area contributed by atoms with Crippen LogP contribution in [0.5, 0.6) is 0 Å². The lowest BCUT2D eigenvalue weighted by atomic mass is 10.3. The Bertz CT molecular complexity index is 406. The van der Waals surface area contributed by atoms with E-state index in [2.05, 4.69) is 9.97 Å². The molecule has 0 aliphatic rings. The normalized spacial score (nSPS) is 9.94. The van der Waals surface area contributed by atoms with Gasteiger partial charge in [0.1, 0.15) is 12.4 Å². The van der Waals surface area contributed by atoms with Crippen molar-refractivity contribution in [2.75, 3.05) is 18.5 Å². The molecule has 1 heterocycles. The number of hydrogen-bond acceptors (Lipinski definition) is 6. The molecule has 1 rings (SSSR count). The number of anilines is 1. The Labute approximate surface area is 97.1 Å². The Morgan fingerprint density at radius 3 is 2.59 bits per heavy atom. The zero-order chi connectivity index (χ0) is 12.8. The van der Waals surface area contributed by atoms with Crippen LogP contribution in [0.4, 0.5) is 11.6 Å². The van der Waals surface area contributed by atoms with Gasteiger partial charge in [-0.15, -0.1) is 0 Å². The fraction of sp³-hybridized carbons (Fsp3) is 0.444. The number of nitrogens with zero attached hydrogens (tertiary/aromatic N) is 4. The molecule has 0 aliphatic carbocycles. The van der Waals surface area contributed by atoms with Crippen molar-refractivity contribution < 1.29 is 14.8 Å². The van der Waals surface area contributed by atoms with Gasteiger partial charge in [0.25, 0.3) is 0 Å². The molecule has 0 bridgehead atoms. The maximum absolute atomic E-state index is 10.4. The quantitative estimate of drug-likeness (QED) is 0.575. The van der Waals surface area contributed by atoms with E-state index in [1.807, 2.05) is 0 Å². The molecule has 0 spiro atoms. The standard InChI is InChI=1S/C9H12N4O4/c1-12(4-2-3-8(14)15)9-10-5-7(6-11-9)13(16)17/h5-6H,2-4H2,1H3,(H,14,15). The number of aromatic nitrogens is 2. The van der Waals surface area contributed by atoms with Crippen molar-refractivity contribution in [2.24, 2.45) is 0 Å². The van der Waals surface area contributed by atoms with Crippen molar-refractivity contribution in [2.45, 2.75) is 12.8 Å². The maximum Gasteiger partial charge on any atom is 0.305 e. The van der Waals surface area contributed by atoms with E-state index in [0.29, 0.717) is 18.9 Å². The van der Waals surface area contributed by atoms with Crippen LogP contribution >= 0.6 is 0 Å². The first-order valence-corrected chi connectivity index (χ1v) is 4.90. The summed E-state index contributed by atoms with van der Waals surface area (Å²) < 4.78 is 0. The molecule has 8 nitrogen and oxygen atoms in total. The second kappa shape index (κ2) is 5.73. The Hall–Kier alpha value is -2.25. The van der Waals surface area contributed by atoms with E-state index in [1.165, 1.54) is 0 Å². The van der Waals surface area contributed by atoms with E-state index >= 15 is 0 Å². The van der Waals surface area contributed by atoms with Gasteiger partial charge in [-0.3, -0.25) is 14.9 Å². The number of carboxylic acid groups (broad SMARTS) is 1. The van der Waals surface area contributed by atoms with Gasteiger partial charge in [0.05, 0.1) is 4.92 Å². The van der Waals surface area contributed by atoms with E-state index in [0.717, 1.165) is 12.4 Å². The molecule has 92 valence electrons. The van der Waals surface area contributed by atoms with Crippen molar-refractivity contribution in [3.63, 3.8) is 0 Å². The summed E-state index contributed by atoms with van der Waals surface area (Å²) in [5.41, 5.74) is -0.173. The zero-order valence-corrected chi connectivity index (χ0v) is 9.24. The van der Waals surface area contributed by atoms with Gasteiger partial charge in [-0.25, -0.2) is 9.97 Å². The predicted octanol–water partition coefficient (Wildman–Crippen LogP) is 0.686. The van der Waals surface area contributed by atoms with E-state index in [-0.39, 0.29) is 12.1 Å². The zero-order valence-electron chi connectivity index (χ0n) is 9.24.